The maximum absolute atomic E-state index is 14.0. The van der Waals surface area contributed by atoms with Crippen molar-refractivity contribution < 1.29 is 18.0 Å². The summed E-state index contributed by atoms with van der Waals surface area (Å²) in [6.45, 7) is 0. The number of benzene rings is 1. The van der Waals surface area contributed by atoms with Crippen molar-refractivity contribution in [3.8, 4) is 11.3 Å². The van der Waals surface area contributed by atoms with Crippen LogP contribution < -0.4 is 0 Å². The summed E-state index contributed by atoms with van der Waals surface area (Å²) in [5.74, 6) is -3.59. The highest BCUT2D eigenvalue weighted by Crippen LogP contribution is 2.47. The van der Waals surface area contributed by atoms with E-state index in [4.69, 9.17) is 5.10 Å². The van der Waals surface area contributed by atoms with Crippen LogP contribution in [0.1, 0.15) is 71.4 Å². The second-order valence-electron chi connectivity index (χ2n) is 9.48. The molecule has 172 valence electrons. The van der Waals surface area contributed by atoms with Crippen LogP contribution in [0.3, 0.4) is 0 Å². The van der Waals surface area contributed by atoms with Crippen molar-refractivity contribution in [2.45, 2.75) is 56.5 Å². The Morgan fingerprint density at radius 3 is 2.42 bits per heavy atom. The molecule has 6 nitrogen and oxygen atoms in total. The van der Waals surface area contributed by atoms with Gasteiger partial charge >= 0.3 is 0 Å². The van der Waals surface area contributed by atoms with Crippen molar-refractivity contribution in [3.05, 3.63) is 58.3 Å². The van der Waals surface area contributed by atoms with Crippen molar-refractivity contribution in [1.29, 1.82) is 0 Å². The molecular formula is C24H24F3N5O. The van der Waals surface area contributed by atoms with E-state index in [1.54, 1.807) is 16.4 Å². The number of piperidine rings is 1. The Kier molecular flexibility index (Phi) is 4.47. The first-order valence-electron chi connectivity index (χ1n) is 11.4. The SMILES string of the molecule is Cn1cc(C(=O)N2[C@@H]3CCC[C@H]2c2nn(C)c(-c4cc(F)c(F)c(F)c4)c2C3)c(C2CC2)n1. The minimum Gasteiger partial charge on any atom is -0.327 e. The van der Waals surface area contributed by atoms with Crippen molar-refractivity contribution >= 4 is 5.91 Å². The van der Waals surface area contributed by atoms with Gasteiger partial charge in [0.1, 0.15) is 0 Å². The van der Waals surface area contributed by atoms with Crippen LogP contribution in [0.2, 0.25) is 0 Å². The zero-order valence-electron chi connectivity index (χ0n) is 18.5. The molecule has 3 aliphatic rings. The number of aromatic nitrogens is 4. The summed E-state index contributed by atoms with van der Waals surface area (Å²) < 4.78 is 44.8. The molecule has 2 bridgehead atoms. The molecule has 0 radical (unpaired) electrons. The quantitative estimate of drug-likeness (QED) is 0.550. The highest BCUT2D eigenvalue weighted by Gasteiger charge is 2.45. The molecule has 3 aromatic rings. The summed E-state index contributed by atoms with van der Waals surface area (Å²) in [6.07, 6.45) is 7.08. The van der Waals surface area contributed by atoms with E-state index in [0.29, 0.717) is 23.6 Å². The largest absolute Gasteiger partial charge is 0.327 e. The molecule has 6 rings (SSSR count). The summed E-state index contributed by atoms with van der Waals surface area (Å²) >= 11 is 0. The summed E-state index contributed by atoms with van der Waals surface area (Å²) in [6, 6.07) is 1.79. The summed E-state index contributed by atoms with van der Waals surface area (Å²) in [7, 11) is 3.55. The third-order valence-electron chi connectivity index (χ3n) is 7.22. The number of carbonyl (C=O) groups excluding carboxylic acids is 1. The second-order valence-corrected chi connectivity index (χ2v) is 9.48. The predicted octanol–water partition coefficient (Wildman–Crippen LogP) is 4.41. The van der Waals surface area contributed by atoms with Gasteiger partial charge in [0, 0.05) is 43.4 Å². The molecule has 2 fully saturated rings. The number of halogens is 3. The fraction of sp³-hybridized carbons (Fsp3) is 0.458. The standard InChI is InChI=1S/C24H24F3N5O/c1-30-11-16(21(28-30)12-6-7-12)24(33)32-14-4-3-5-19(32)22-15(10-14)23(31(2)29-22)13-8-17(25)20(27)18(26)9-13/h8-9,11-12,14,19H,3-7,10H2,1-2H3/t14-,19+/m1/s1. The van der Waals surface area contributed by atoms with Gasteiger partial charge in [-0.05, 0) is 50.7 Å². The van der Waals surface area contributed by atoms with Crippen LogP contribution in [-0.2, 0) is 20.5 Å². The lowest BCUT2D eigenvalue weighted by Crippen LogP contribution is -2.50. The van der Waals surface area contributed by atoms with Crippen molar-refractivity contribution in [3.63, 3.8) is 0 Å². The third kappa shape index (κ3) is 3.12. The van der Waals surface area contributed by atoms with Gasteiger partial charge < -0.3 is 4.90 Å². The van der Waals surface area contributed by atoms with E-state index in [-0.39, 0.29) is 23.6 Å². The van der Waals surface area contributed by atoms with Crippen LogP contribution in [0.5, 0.6) is 0 Å². The Balaban J connectivity index is 1.43. The molecule has 2 aromatic heterocycles. The summed E-state index contributed by atoms with van der Waals surface area (Å²) in [4.78, 5) is 15.7. The molecule has 1 saturated carbocycles. The first kappa shape index (κ1) is 20.5. The molecule has 4 heterocycles. The lowest BCUT2D eigenvalue weighted by Gasteiger charge is -2.45. The maximum atomic E-state index is 14.0. The topological polar surface area (TPSA) is 56.0 Å². The van der Waals surface area contributed by atoms with E-state index < -0.39 is 17.5 Å². The fourth-order valence-corrected chi connectivity index (χ4v) is 5.67. The summed E-state index contributed by atoms with van der Waals surface area (Å²) in [5.41, 5.74) is 4.02. The van der Waals surface area contributed by atoms with Gasteiger partial charge in [0.15, 0.2) is 17.5 Å². The predicted molar refractivity (Wildman–Crippen MR) is 114 cm³/mol. The maximum Gasteiger partial charge on any atom is 0.258 e. The molecule has 1 amide bonds. The van der Waals surface area contributed by atoms with Crippen LogP contribution in [0.4, 0.5) is 13.2 Å². The Labute approximate surface area is 189 Å². The molecule has 0 spiro atoms. The molecule has 1 aliphatic carbocycles. The van der Waals surface area contributed by atoms with Gasteiger partial charge in [-0.2, -0.15) is 10.2 Å². The molecule has 0 unspecified atom stereocenters. The normalized spacial score (nSPS) is 21.9. The van der Waals surface area contributed by atoms with E-state index in [2.05, 4.69) is 5.10 Å². The number of hydrogen-bond donors (Lipinski definition) is 0. The molecule has 1 saturated heterocycles. The van der Waals surface area contributed by atoms with Crippen molar-refractivity contribution in [1.82, 2.24) is 24.5 Å². The van der Waals surface area contributed by atoms with Gasteiger partial charge in [-0.25, -0.2) is 13.2 Å². The van der Waals surface area contributed by atoms with Crippen molar-refractivity contribution in [2.75, 3.05) is 0 Å². The van der Waals surface area contributed by atoms with E-state index >= 15 is 0 Å². The summed E-state index contributed by atoms with van der Waals surface area (Å²) in [5, 5.41) is 9.25. The number of nitrogens with zero attached hydrogens (tertiary/aromatic N) is 5. The average molecular weight is 455 g/mol. The van der Waals surface area contributed by atoms with Gasteiger partial charge in [-0.3, -0.25) is 14.2 Å². The molecule has 9 heteroatoms. The van der Waals surface area contributed by atoms with Crippen LogP contribution in [-0.4, -0.2) is 36.4 Å². The van der Waals surface area contributed by atoms with Gasteiger partial charge in [-0.15, -0.1) is 0 Å². The number of fused-ring (bicyclic) bond motifs is 4. The van der Waals surface area contributed by atoms with Crippen molar-refractivity contribution in [2.24, 2.45) is 14.1 Å². The van der Waals surface area contributed by atoms with Gasteiger partial charge in [0.05, 0.1) is 28.7 Å². The Bertz CT molecular complexity index is 1270. The minimum atomic E-state index is -1.48. The highest BCUT2D eigenvalue weighted by atomic mass is 19.2. The molecular weight excluding hydrogens is 431 g/mol. The number of amides is 1. The zero-order chi connectivity index (χ0) is 23.0. The number of hydrogen-bond acceptors (Lipinski definition) is 3. The fourth-order valence-electron chi connectivity index (χ4n) is 5.67. The van der Waals surface area contributed by atoms with E-state index in [0.717, 1.165) is 61.2 Å². The Hall–Kier alpha value is -3.10. The lowest BCUT2D eigenvalue weighted by molar-refractivity contribution is 0.0390. The molecule has 0 N–H and O–H groups in total. The Morgan fingerprint density at radius 1 is 1.00 bits per heavy atom. The van der Waals surface area contributed by atoms with Gasteiger partial charge in [0.2, 0.25) is 0 Å². The van der Waals surface area contributed by atoms with Gasteiger partial charge in [0.25, 0.3) is 5.91 Å². The monoisotopic (exact) mass is 455 g/mol. The average Bonchev–Trinajstić information content (AvgIpc) is 3.47. The zero-order valence-corrected chi connectivity index (χ0v) is 18.5. The second kappa shape index (κ2) is 7.20. The van der Waals surface area contributed by atoms with E-state index in [1.165, 1.54) is 0 Å². The highest BCUT2D eigenvalue weighted by molar-refractivity contribution is 5.96. The van der Waals surface area contributed by atoms with Crippen LogP contribution in [0.25, 0.3) is 11.3 Å². The first-order valence-corrected chi connectivity index (χ1v) is 11.4. The van der Waals surface area contributed by atoms with E-state index in [9.17, 15) is 18.0 Å². The van der Waals surface area contributed by atoms with Crippen LogP contribution in [0, 0.1) is 17.5 Å². The molecule has 2 atom stereocenters. The smallest absolute Gasteiger partial charge is 0.258 e. The van der Waals surface area contributed by atoms with Crippen LogP contribution in [0.15, 0.2) is 18.3 Å². The minimum absolute atomic E-state index is 0.0172. The first-order chi connectivity index (χ1) is 15.8. The molecule has 1 aromatic carbocycles. The number of aryl methyl sites for hydroxylation is 2. The number of carbonyl (C=O) groups is 1. The Morgan fingerprint density at radius 2 is 1.73 bits per heavy atom. The number of rotatable bonds is 3. The van der Waals surface area contributed by atoms with E-state index in [1.807, 2.05) is 18.1 Å². The van der Waals surface area contributed by atoms with Crippen LogP contribution >= 0.6 is 0 Å². The molecule has 33 heavy (non-hydrogen) atoms. The third-order valence-corrected chi connectivity index (χ3v) is 7.22. The lowest BCUT2D eigenvalue weighted by atomic mass is 9.81. The molecule has 2 aliphatic heterocycles. The van der Waals surface area contributed by atoms with Gasteiger partial charge in [-0.1, -0.05) is 0 Å².